The van der Waals surface area contributed by atoms with E-state index < -0.39 is 0 Å². The van der Waals surface area contributed by atoms with Crippen LogP contribution in [0.1, 0.15) is 73.1 Å². The lowest BCUT2D eigenvalue weighted by Gasteiger charge is -2.30. The number of hydrogen-bond donors (Lipinski definition) is 2. The highest BCUT2D eigenvalue weighted by Crippen LogP contribution is 2.16. The van der Waals surface area contributed by atoms with Gasteiger partial charge < -0.3 is 20.4 Å². The van der Waals surface area contributed by atoms with E-state index in [2.05, 4.69) is 55.1 Å². The number of unbranched alkanes of at least 4 members (excludes halogenated alkanes) is 1. The van der Waals surface area contributed by atoms with E-state index in [1.165, 1.54) is 64.7 Å². The lowest BCUT2D eigenvalue weighted by molar-refractivity contribution is 0.190. The molecular formula is C22H47N5. The van der Waals surface area contributed by atoms with E-state index >= 15 is 0 Å². The van der Waals surface area contributed by atoms with Gasteiger partial charge in [-0.2, -0.15) is 0 Å². The summed E-state index contributed by atoms with van der Waals surface area (Å²) >= 11 is 0. The van der Waals surface area contributed by atoms with Gasteiger partial charge in [0, 0.05) is 19.1 Å². The summed E-state index contributed by atoms with van der Waals surface area (Å²) in [6.07, 6.45) is 7.62. The SMILES string of the molecule is CCNC(=NCCCCN1CCC(C)CC1)NC(C)CCCN(CC)CC. The molecule has 0 radical (unpaired) electrons. The van der Waals surface area contributed by atoms with Crippen LogP contribution in [0.3, 0.4) is 0 Å². The summed E-state index contributed by atoms with van der Waals surface area (Å²) < 4.78 is 0. The summed E-state index contributed by atoms with van der Waals surface area (Å²) in [5.41, 5.74) is 0. The zero-order valence-corrected chi connectivity index (χ0v) is 18.9. The van der Waals surface area contributed by atoms with Crippen LogP contribution in [0.2, 0.25) is 0 Å². The third kappa shape index (κ3) is 11.6. The van der Waals surface area contributed by atoms with Crippen molar-refractivity contribution in [2.24, 2.45) is 10.9 Å². The van der Waals surface area contributed by atoms with Crippen LogP contribution >= 0.6 is 0 Å². The highest BCUT2D eigenvalue weighted by atomic mass is 15.2. The summed E-state index contributed by atoms with van der Waals surface area (Å²) in [6, 6.07) is 0.466. The fraction of sp³-hybridized carbons (Fsp3) is 0.955. The van der Waals surface area contributed by atoms with Gasteiger partial charge in [-0.3, -0.25) is 4.99 Å². The minimum absolute atomic E-state index is 0.466. The van der Waals surface area contributed by atoms with Crippen LogP contribution in [0.5, 0.6) is 0 Å². The number of piperidine rings is 1. The molecule has 0 aliphatic carbocycles. The minimum Gasteiger partial charge on any atom is -0.357 e. The number of nitrogens with one attached hydrogen (secondary N) is 2. The molecule has 0 aromatic rings. The highest BCUT2D eigenvalue weighted by molar-refractivity contribution is 5.79. The molecule has 1 aliphatic heterocycles. The molecule has 0 spiro atoms. The van der Waals surface area contributed by atoms with E-state index in [4.69, 9.17) is 4.99 Å². The quantitative estimate of drug-likeness (QED) is 0.291. The van der Waals surface area contributed by atoms with Crippen molar-refractivity contribution in [2.45, 2.75) is 79.2 Å². The van der Waals surface area contributed by atoms with Gasteiger partial charge in [-0.1, -0.05) is 20.8 Å². The molecule has 5 heteroatoms. The van der Waals surface area contributed by atoms with Gasteiger partial charge in [0.25, 0.3) is 0 Å². The topological polar surface area (TPSA) is 42.9 Å². The maximum atomic E-state index is 4.79. The zero-order valence-electron chi connectivity index (χ0n) is 18.9. The van der Waals surface area contributed by atoms with E-state index in [0.717, 1.165) is 38.1 Å². The van der Waals surface area contributed by atoms with Crippen molar-refractivity contribution in [3.63, 3.8) is 0 Å². The van der Waals surface area contributed by atoms with Crippen molar-refractivity contribution < 1.29 is 0 Å². The van der Waals surface area contributed by atoms with E-state index in [1.807, 2.05) is 0 Å². The first-order chi connectivity index (χ1) is 13.1. The molecule has 160 valence electrons. The van der Waals surface area contributed by atoms with Crippen LogP contribution < -0.4 is 10.6 Å². The Hall–Kier alpha value is -0.810. The van der Waals surface area contributed by atoms with Crippen molar-refractivity contribution in [1.82, 2.24) is 20.4 Å². The van der Waals surface area contributed by atoms with Gasteiger partial charge in [0.2, 0.25) is 0 Å². The number of likely N-dealkylation sites (tertiary alicyclic amines) is 1. The Morgan fingerprint density at radius 2 is 1.81 bits per heavy atom. The first-order valence-corrected chi connectivity index (χ1v) is 11.6. The number of guanidine groups is 1. The molecule has 5 nitrogen and oxygen atoms in total. The molecule has 1 saturated heterocycles. The molecular weight excluding hydrogens is 334 g/mol. The van der Waals surface area contributed by atoms with Gasteiger partial charge in [0.1, 0.15) is 0 Å². The third-order valence-corrected chi connectivity index (χ3v) is 5.76. The molecule has 0 bridgehead atoms. The van der Waals surface area contributed by atoms with Gasteiger partial charge in [0.15, 0.2) is 5.96 Å². The Morgan fingerprint density at radius 3 is 2.44 bits per heavy atom. The first-order valence-electron chi connectivity index (χ1n) is 11.6. The number of hydrogen-bond acceptors (Lipinski definition) is 3. The molecule has 0 aromatic carbocycles. The Kier molecular flexibility index (Phi) is 13.6. The van der Waals surface area contributed by atoms with Crippen molar-refractivity contribution >= 4 is 5.96 Å². The lowest BCUT2D eigenvalue weighted by Crippen LogP contribution is -2.42. The second-order valence-electron chi connectivity index (χ2n) is 8.21. The predicted octanol–water partition coefficient (Wildman–Crippen LogP) is 3.56. The fourth-order valence-electron chi connectivity index (χ4n) is 3.71. The highest BCUT2D eigenvalue weighted by Gasteiger charge is 2.14. The molecule has 1 fully saturated rings. The number of rotatable bonds is 13. The normalized spacial score (nSPS) is 18.1. The molecule has 0 saturated carbocycles. The fourth-order valence-corrected chi connectivity index (χ4v) is 3.71. The summed E-state index contributed by atoms with van der Waals surface area (Å²) in [4.78, 5) is 9.91. The van der Waals surface area contributed by atoms with Crippen molar-refractivity contribution in [3.05, 3.63) is 0 Å². The Morgan fingerprint density at radius 1 is 1.11 bits per heavy atom. The van der Waals surface area contributed by atoms with Gasteiger partial charge in [0.05, 0.1) is 0 Å². The number of aliphatic imine (C=N–C) groups is 1. The van der Waals surface area contributed by atoms with Crippen molar-refractivity contribution in [3.8, 4) is 0 Å². The summed E-state index contributed by atoms with van der Waals surface area (Å²) in [7, 11) is 0. The molecule has 1 atom stereocenters. The molecule has 1 rings (SSSR count). The monoisotopic (exact) mass is 381 g/mol. The van der Waals surface area contributed by atoms with Crippen molar-refractivity contribution in [1.29, 1.82) is 0 Å². The average Bonchev–Trinajstić information content (AvgIpc) is 2.66. The van der Waals surface area contributed by atoms with E-state index in [-0.39, 0.29) is 0 Å². The van der Waals surface area contributed by atoms with Gasteiger partial charge >= 0.3 is 0 Å². The Labute approximate surface area is 169 Å². The maximum Gasteiger partial charge on any atom is 0.191 e. The first kappa shape index (κ1) is 24.2. The second-order valence-corrected chi connectivity index (χ2v) is 8.21. The van der Waals surface area contributed by atoms with Gasteiger partial charge in [-0.15, -0.1) is 0 Å². The van der Waals surface area contributed by atoms with E-state index in [0.29, 0.717) is 6.04 Å². The zero-order chi connectivity index (χ0) is 19.9. The Balaban J connectivity index is 2.20. The van der Waals surface area contributed by atoms with Crippen LogP contribution in [0.25, 0.3) is 0 Å². The predicted molar refractivity (Wildman–Crippen MR) is 120 cm³/mol. The van der Waals surface area contributed by atoms with Crippen LogP contribution in [-0.2, 0) is 0 Å². The molecule has 1 unspecified atom stereocenters. The van der Waals surface area contributed by atoms with Crippen LogP contribution in [0, 0.1) is 5.92 Å². The molecule has 1 heterocycles. The molecule has 27 heavy (non-hydrogen) atoms. The smallest absolute Gasteiger partial charge is 0.191 e. The third-order valence-electron chi connectivity index (χ3n) is 5.76. The lowest BCUT2D eigenvalue weighted by atomic mass is 9.99. The van der Waals surface area contributed by atoms with Crippen LogP contribution in [-0.4, -0.2) is 74.2 Å². The van der Waals surface area contributed by atoms with E-state index in [1.54, 1.807) is 0 Å². The van der Waals surface area contributed by atoms with Crippen LogP contribution in [0.4, 0.5) is 0 Å². The number of nitrogens with zero attached hydrogens (tertiary/aromatic N) is 3. The second kappa shape index (κ2) is 15.2. The average molecular weight is 382 g/mol. The van der Waals surface area contributed by atoms with E-state index in [9.17, 15) is 0 Å². The largest absolute Gasteiger partial charge is 0.357 e. The Bertz CT molecular complexity index is 373. The minimum atomic E-state index is 0.466. The molecule has 1 aliphatic rings. The summed E-state index contributed by atoms with van der Waals surface area (Å²) in [6.45, 7) is 20.4. The molecule has 0 aromatic heterocycles. The standard InChI is InChI=1S/C22H47N5/c1-6-23-22(25-21(5)12-11-17-26(7-2)8-3)24-15-9-10-16-27-18-13-20(4)14-19-27/h20-21H,6-19H2,1-5H3,(H2,23,24,25). The summed E-state index contributed by atoms with van der Waals surface area (Å²) in [5.74, 6) is 1.91. The summed E-state index contributed by atoms with van der Waals surface area (Å²) in [5, 5.41) is 6.98. The van der Waals surface area contributed by atoms with Gasteiger partial charge in [-0.25, -0.2) is 0 Å². The van der Waals surface area contributed by atoms with Crippen LogP contribution in [0.15, 0.2) is 4.99 Å². The molecule has 0 amide bonds. The maximum absolute atomic E-state index is 4.79. The van der Waals surface area contributed by atoms with Crippen molar-refractivity contribution in [2.75, 3.05) is 52.4 Å². The van der Waals surface area contributed by atoms with Gasteiger partial charge in [-0.05, 0) is 97.6 Å². The molecule has 2 N–H and O–H groups in total.